The summed E-state index contributed by atoms with van der Waals surface area (Å²) in [7, 11) is 2.06. The van der Waals surface area contributed by atoms with Crippen molar-refractivity contribution in [3.8, 4) is 5.75 Å². The first kappa shape index (κ1) is 12.0. The molecule has 0 aromatic heterocycles. The van der Waals surface area contributed by atoms with Crippen LogP contribution in [0.3, 0.4) is 0 Å². The van der Waals surface area contributed by atoms with E-state index in [1.807, 2.05) is 30.3 Å². The maximum atomic E-state index is 5.59. The molecule has 0 fully saturated rings. The smallest absolute Gasteiger partial charge is 0.119 e. The van der Waals surface area contributed by atoms with Crippen LogP contribution >= 0.6 is 0 Å². The first-order valence-electron chi connectivity index (χ1n) is 5.32. The van der Waals surface area contributed by atoms with Crippen molar-refractivity contribution in [1.29, 1.82) is 0 Å². The highest BCUT2D eigenvalue weighted by Gasteiger charge is 2.05. The second-order valence-corrected chi connectivity index (χ2v) is 3.73. The molecule has 1 rings (SSSR count). The Hall–Kier alpha value is -1.06. The highest BCUT2D eigenvalue weighted by Crippen LogP contribution is 2.07. The van der Waals surface area contributed by atoms with Crippen LogP contribution in [0, 0.1) is 0 Å². The fourth-order valence-electron chi connectivity index (χ4n) is 1.22. The molecule has 0 heterocycles. The molecular weight excluding hydrogens is 188 g/mol. The molecule has 0 aliphatic rings. The summed E-state index contributed by atoms with van der Waals surface area (Å²) in [5.41, 5.74) is 5.57. The first-order chi connectivity index (χ1) is 7.24. The summed E-state index contributed by atoms with van der Waals surface area (Å²) in [4.78, 5) is 2.20. The van der Waals surface area contributed by atoms with Crippen molar-refractivity contribution in [3.63, 3.8) is 0 Å². The number of hydrogen-bond acceptors (Lipinski definition) is 3. The third kappa shape index (κ3) is 4.32. The van der Waals surface area contributed by atoms with Crippen molar-refractivity contribution in [2.24, 2.45) is 5.73 Å². The normalized spacial score (nSPS) is 12.8. The fourth-order valence-corrected chi connectivity index (χ4v) is 1.22. The Labute approximate surface area is 91.8 Å². The molecule has 1 aromatic carbocycles. The molecule has 1 unspecified atom stereocenters. The van der Waals surface area contributed by atoms with Crippen molar-refractivity contribution in [2.75, 3.05) is 26.7 Å². The topological polar surface area (TPSA) is 38.5 Å². The van der Waals surface area contributed by atoms with Gasteiger partial charge in [0.05, 0.1) is 0 Å². The van der Waals surface area contributed by atoms with E-state index in [1.54, 1.807) is 0 Å². The van der Waals surface area contributed by atoms with Gasteiger partial charge in [-0.25, -0.2) is 0 Å². The monoisotopic (exact) mass is 208 g/mol. The summed E-state index contributed by atoms with van der Waals surface area (Å²) >= 11 is 0. The van der Waals surface area contributed by atoms with E-state index in [1.165, 1.54) is 0 Å². The summed E-state index contributed by atoms with van der Waals surface area (Å²) in [6.45, 7) is 4.39. The van der Waals surface area contributed by atoms with Crippen LogP contribution in [0.25, 0.3) is 0 Å². The zero-order valence-corrected chi connectivity index (χ0v) is 9.52. The van der Waals surface area contributed by atoms with Gasteiger partial charge < -0.3 is 10.5 Å². The van der Waals surface area contributed by atoms with E-state index in [-0.39, 0.29) is 0 Å². The maximum Gasteiger partial charge on any atom is 0.119 e. The van der Waals surface area contributed by atoms with E-state index >= 15 is 0 Å². The summed E-state index contributed by atoms with van der Waals surface area (Å²) in [5.74, 6) is 0.923. The van der Waals surface area contributed by atoms with Crippen molar-refractivity contribution in [2.45, 2.75) is 13.0 Å². The number of nitrogens with zero attached hydrogens (tertiary/aromatic N) is 1. The van der Waals surface area contributed by atoms with Gasteiger partial charge in [-0.05, 0) is 26.1 Å². The van der Waals surface area contributed by atoms with Gasteiger partial charge >= 0.3 is 0 Å². The Bertz CT molecular complexity index is 264. The van der Waals surface area contributed by atoms with Gasteiger partial charge in [0.2, 0.25) is 0 Å². The van der Waals surface area contributed by atoms with Crippen LogP contribution in [0.1, 0.15) is 6.92 Å². The van der Waals surface area contributed by atoms with Crippen molar-refractivity contribution >= 4 is 0 Å². The lowest BCUT2D eigenvalue weighted by atomic mass is 10.3. The van der Waals surface area contributed by atoms with Gasteiger partial charge in [-0.1, -0.05) is 18.2 Å². The Morgan fingerprint density at radius 1 is 1.33 bits per heavy atom. The molecule has 0 aliphatic carbocycles. The van der Waals surface area contributed by atoms with Gasteiger partial charge in [-0.2, -0.15) is 0 Å². The van der Waals surface area contributed by atoms with E-state index < -0.39 is 0 Å². The number of benzene rings is 1. The Morgan fingerprint density at radius 3 is 2.60 bits per heavy atom. The van der Waals surface area contributed by atoms with E-state index in [0.29, 0.717) is 19.2 Å². The van der Waals surface area contributed by atoms with Gasteiger partial charge in [-0.15, -0.1) is 0 Å². The molecule has 15 heavy (non-hydrogen) atoms. The lowest BCUT2D eigenvalue weighted by Gasteiger charge is -2.23. The minimum Gasteiger partial charge on any atom is -0.492 e. The molecule has 3 heteroatoms. The van der Waals surface area contributed by atoms with Crippen LogP contribution in [-0.2, 0) is 0 Å². The summed E-state index contributed by atoms with van der Waals surface area (Å²) < 4.78 is 5.59. The number of rotatable bonds is 6. The molecule has 0 aliphatic heterocycles. The lowest BCUT2D eigenvalue weighted by molar-refractivity contribution is 0.203. The third-order valence-electron chi connectivity index (χ3n) is 2.55. The van der Waals surface area contributed by atoms with Crippen LogP contribution < -0.4 is 10.5 Å². The number of para-hydroxylation sites is 1. The summed E-state index contributed by atoms with van der Waals surface area (Å²) in [6.07, 6.45) is 0. The van der Waals surface area contributed by atoms with Crippen LogP contribution in [0.4, 0.5) is 0 Å². The summed E-state index contributed by atoms with van der Waals surface area (Å²) in [6, 6.07) is 10.3. The molecule has 0 bridgehead atoms. The Kier molecular flexibility index (Phi) is 5.15. The second-order valence-electron chi connectivity index (χ2n) is 3.73. The van der Waals surface area contributed by atoms with Crippen molar-refractivity contribution in [3.05, 3.63) is 30.3 Å². The average Bonchev–Trinajstić information content (AvgIpc) is 2.29. The number of nitrogens with two attached hydrogens (primary N) is 1. The van der Waals surface area contributed by atoms with Crippen LogP contribution in [0.2, 0.25) is 0 Å². The second kappa shape index (κ2) is 6.43. The van der Waals surface area contributed by atoms with E-state index in [9.17, 15) is 0 Å². The lowest BCUT2D eigenvalue weighted by Crippen LogP contribution is -2.37. The van der Waals surface area contributed by atoms with E-state index in [4.69, 9.17) is 10.5 Å². The minimum atomic E-state index is 0.407. The molecule has 0 saturated carbocycles. The largest absolute Gasteiger partial charge is 0.492 e. The Morgan fingerprint density at radius 2 is 2.00 bits per heavy atom. The van der Waals surface area contributed by atoms with Crippen LogP contribution in [0.5, 0.6) is 5.75 Å². The zero-order chi connectivity index (χ0) is 11.1. The number of likely N-dealkylation sites (N-methyl/N-ethyl adjacent to an activating group) is 1. The highest BCUT2D eigenvalue weighted by atomic mass is 16.5. The van der Waals surface area contributed by atoms with Gasteiger partial charge in [0, 0.05) is 19.1 Å². The average molecular weight is 208 g/mol. The number of ether oxygens (including phenoxy) is 1. The molecule has 84 valence electrons. The predicted octanol–water partition coefficient (Wildman–Crippen LogP) is 1.34. The van der Waals surface area contributed by atoms with Gasteiger partial charge in [-0.3, -0.25) is 4.90 Å². The van der Waals surface area contributed by atoms with Crippen molar-refractivity contribution < 1.29 is 4.74 Å². The third-order valence-corrected chi connectivity index (χ3v) is 2.55. The van der Waals surface area contributed by atoms with E-state index in [2.05, 4.69) is 18.9 Å². The maximum absolute atomic E-state index is 5.59. The molecule has 0 saturated heterocycles. The number of hydrogen-bond donors (Lipinski definition) is 1. The minimum absolute atomic E-state index is 0.407. The quantitative estimate of drug-likeness (QED) is 0.767. The van der Waals surface area contributed by atoms with Crippen LogP contribution in [-0.4, -0.2) is 37.7 Å². The molecule has 0 spiro atoms. The molecule has 3 nitrogen and oxygen atoms in total. The standard InChI is InChI=1S/C12H20N2O/c1-11(10-13)14(2)8-9-15-12-6-4-3-5-7-12/h3-7,11H,8-10,13H2,1-2H3. The molecule has 1 aromatic rings. The van der Waals surface area contributed by atoms with Gasteiger partial charge in [0.15, 0.2) is 0 Å². The van der Waals surface area contributed by atoms with Crippen molar-refractivity contribution in [1.82, 2.24) is 4.90 Å². The van der Waals surface area contributed by atoms with E-state index in [0.717, 1.165) is 12.3 Å². The first-order valence-corrected chi connectivity index (χ1v) is 5.32. The fraction of sp³-hybridized carbons (Fsp3) is 0.500. The highest BCUT2D eigenvalue weighted by molar-refractivity contribution is 5.20. The summed E-state index contributed by atoms with van der Waals surface area (Å²) in [5, 5.41) is 0. The molecule has 0 radical (unpaired) electrons. The Balaban J connectivity index is 2.22. The van der Waals surface area contributed by atoms with Crippen LogP contribution in [0.15, 0.2) is 30.3 Å². The van der Waals surface area contributed by atoms with Gasteiger partial charge in [0.25, 0.3) is 0 Å². The molecular formula is C12H20N2O. The predicted molar refractivity (Wildman–Crippen MR) is 63.1 cm³/mol. The molecule has 1 atom stereocenters. The molecule has 0 amide bonds. The zero-order valence-electron chi connectivity index (χ0n) is 9.52. The van der Waals surface area contributed by atoms with Gasteiger partial charge in [0.1, 0.15) is 12.4 Å². The SMILES string of the molecule is CC(CN)N(C)CCOc1ccccc1. The molecule has 2 N–H and O–H groups in total.